The number of aliphatic hydroxyl groups excluding tert-OH is 13. The first kappa shape index (κ1) is 47.3. The summed E-state index contributed by atoms with van der Waals surface area (Å²) in [5.74, 6) is -6.93. The first-order chi connectivity index (χ1) is 26.7. The Morgan fingerprint density at radius 2 is 1.23 bits per heavy atom. The van der Waals surface area contributed by atoms with Crippen LogP contribution in [0.3, 0.4) is 0 Å². The Labute approximate surface area is 322 Å². The van der Waals surface area contributed by atoms with Gasteiger partial charge in [0.05, 0.1) is 38.6 Å². The van der Waals surface area contributed by atoms with E-state index in [9.17, 15) is 85.9 Å². The van der Waals surface area contributed by atoms with E-state index < -0.39 is 179 Å². The standard InChI is InChI=1S/C31H52N2O24/c1-8(38)32-15-10(40)3-31(30(49)50,56-24(15)17(42)11(41)4-34)57-26-22(47)29(55-25-19(44)13(6-36)51-27(48)21(25)46)53-14(7-37)23(26)54-28-16(33-9(2)39)20(45)18(43)12(5-35)52-28/h10-29,34-37,40-48H,3-7H2,1-2H3,(H,32,38)(H,33,39)(H,49,50)/t10-,11+,12+,13+,14+,15+,16+,17+,18-,19+,20+,21+,22+,23-,24+,25-,26+,27+,28-,29-,31-/m0/s1. The minimum Gasteiger partial charge on any atom is -0.477 e. The third-order valence-corrected chi connectivity index (χ3v) is 9.98. The van der Waals surface area contributed by atoms with Gasteiger partial charge in [-0.15, -0.1) is 0 Å². The first-order valence-corrected chi connectivity index (χ1v) is 17.7. The molecule has 21 atom stereocenters. The fraction of sp³-hybridized carbons (Fsp3) is 0.903. The molecule has 0 saturated carbocycles. The lowest BCUT2D eigenvalue weighted by Gasteiger charge is -2.52. The van der Waals surface area contributed by atoms with Crippen LogP contribution in [0.15, 0.2) is 0 Å². The number of carboxylic acids is 1. The van der Waals surface area contributed by atoms with E-state index in [1.54, 1.807) is 0 Å². The summed E-state index contributed by atoms with van der Waals surface area (Å²) in [4.78, 5) is 37.3. The zero-order chi connectivity index (χ0) is 42.7. The van der Waals surface area contributed by atoms with Gasteiger partial charge in [0.25, 0.3) is 5.79 Å². The molecule has 0 radical (unpaired) electrons. The minimum absolute atomic E-state index is 0.805. The predicted octanol–water partition coefficient (Wildman–Crippen LogP) is -10.3. The van der Waals surface area contributed by atoms with Gasteiger partial charge in [0.2, 0.25) is 11.8 Å². The number of nitrogens with one attached hydrogen (secondary N) is 2. The monoisotopic (exact) mass is 836 g/mol. The molecule has 0 aromatic heterocycles. The average Bonchev–Trinajstić information content (AvgIpc) is 3.16. The maximum atomic E-state index is 13.1. The van der Waals surface area contributed by atoms with Crippen LogP contribution in [0.5, 0.6) is 0 Å². The van der Waals surface area contributed by atoms with Gasteiger partial charge in [-0.1, -0.05) is 0 Å². The summed E-state index contributed by atoms with van der Waals surface area (Å²) in [6.07, 6.45) is -37.3. The van der Waals surface area contributed by atoms with Crippen molar-refractivity contribution < 1.29 is 119 Å². The summed E-state index contributed by atoms with van der Waals surface area (Å²) in [6.45, 7) is -2.10. The summed E-state index contributed by atoms with van der Waals surface area (Å²) >= 11 is 0. The van der Waals surface area contributed by atoms with Gasteiger partial charge in [0, 0.05) is 20.3 Å². The van der Waals surface area contributed by atoms with Gasteiger partial charge in [0.15, 0.2) is 18.9 Å². The number of aliphatic hydroxyl groups is 13. The van der Waals surface area contributed by atoms with E-state index in [-0.39, 0.29) is 0 Å². The van der Waals surface area contributed by atoms with Crippen LogP contribution in [-0.2, 0) is 47.5 Å². The molecule has 16 N–H and O–H groups in total. The molecule has 4 aliphatic rings. The third-order valence-electron chi connectivity index (χ3n) is 9.98. The van der Waals surface area contributed by atoms with Gasteiger partial charge in [-0.25, -0.2) is 4.79 Å². The highest BCUT2D eigenvalue weighted by molar-refractivity contribution is 5.76. The van der Waals surface area contributed by atoms with Crippen molar-refractivity contribution in [3.05, 3.63) is 0 Å². The Hall–Kier alpha value is -2.39. The summed E-state index contributed by atoms with van der Waals surface area (Å²) < 4.78 is 39.4. The molecule has 4 rings (SSSR count). The molecule has 330 valence electrons. The third kappa shape index (κ3) is 10.2. The molecule has 0 aliphatic carbocycles. The second kappa shape index (κ2) is 19.8. The molecule has 4 saturated heterocycles. The van der Waals surface area contributed by atoms with Crippen LogP contribution < -0.4 is 10.6 Å². The van der Waals surface area contributed by atoms with Gasteiger partial charge in [-0.3, -0.25) is 9.59 Å². The largest absolute Gasteiger partial charge is 0.477 e. The molecular weight excluding hydrogens is 784 g/mol. The molecular formula is C31H52N2O24. The highest BCUT2D eigenvalue weighted by Gasteiger charge is 2.61. The van der Waals surface area contributed by atoms with Gasteiger partial charge in [0.1, 0.15) is 91.5 Å². The van der Waals surface area contributed by atoms with Crippen molar-refractivity contribution in [1.29, 1.82) is 0 Å². The van der Waals surface area contributed by atoms with Crippen molar-refractivity contribution in [2.75, 3.05) is 26.4 Å². The number of hydrogen-bond donors (Lipinski definition) is 16. The number of ether oxygens (including phenoxy) is 7. The fourth-order valence-electron chi connectivity index (χ4n) is 7.05. The second-order valence-corrected chi connectivity index (χ2v) is 14.0. The van der Waals surface area contributed by atoms with Crippen LogP contribution in [0.1, 0.15) is 20.3 Å². The molecule has 26 nitrogen and oxygen atoms in total. The van der Waals surface area contributed by atoms with Crippen molar-refractivity contribution >= 4 is 17.8 Å². The van der Waals surface area contributed by atoms with E-state index >= 15 is 0 Å². The van der Waals surface area contributed by atoms with E-state index in [0.717, 1.165) is 13.8 Å². The molecule has 26 heteroatoms. The fourth-order valence-corrected chi connectivity index (χ4v) is 7.05. The Morgan fingerprint density at radius 1 is 0.684 bits per heavy atom. The molecule has 0 aromatic rings. The maximum Gasteiger partial charge on any atom is 0.364 e. The lowest BCUT2D eigenvalue weighted by Crippen LogP contribution is -2.72. The zero-order valence-corrected chi connectivity index (χ0v) is 30.4. The van der Waals surface area contributed by atoms with E-state index in [1.165, 1.54) is 0 Å². The van der Waals surface area contributed by atoms with Crippen molar-refractivity contribution in [2.24, 2.45) is 0 Å². The average molecular weight is 837 g/mol. The van der Waals surface area contributed by atoms with Crippen LogP contribution in [0.2, 0.25) is 0 Å². The van der Waals surface area contributed by atoms with Crippen molar-refractivity contribution in [2.45, 2.75) is 149 Å². The summed E-state index contributed by atoms with van der Waals surface area (Å²) in [6, 6.07) is -3.35. The zero-order valence-electron chi connectivity index (χ0n) is 30.4. The van der Waals surface area contributed by atoms with Crippen LogP contribution in [0.25, 0.3) is 0 Å². The molecule has 0 aromatic carbocycles. The van der Waals surface area contributed by atoms with Crippen molar-refractivity contribution in [1.82, 2.24) is 10.6 Å². The molecule has 57 heavy (non-hydrogen) atoms. The Kier molecular flexibility index (Phi) is 16.4. The second-order valence-electron chi connectivity index (χ2n) is 14.0. The van der Waals surface area contributed by atoms with Crippen LogP contribution in [0, 0.1) is 0 Å². The predicted molar refractivity (Wildman–Crippen MR) is 174 cm³/mol. The quantitative estimate of drug-likeness (QED) is 0.0728. The Balaban J connectivity index is 1.82. The molecule has 4 heterocycles. The number of aliphatic carboxylic acids is 1. The van der Waals surface area contributed by atoms with Gasteiger partial charge >= 0.3 is 5.97 Å². The highest BCUT2D eigenvalue weighted by atomic mass is 16.8. The molecule has 0 bridgehead atoms. The van der Waals surface area contributed by atoms with E-state index in [1.807, 2.05) is 0 Å². The number of carbonyl (C=O) groups is 3. The molecule has 4 fully saturated rings. The number of carbonyl (C=O) groups excluding carboxylic acids is 2. The van der Waals surface area contributed by atoms with Crippen LogP contribution in [-0.4, -0.2) is 244 Å². The SMILES string of the molecule is CC(=O)N[C@H]1[C@H](O[C@@H]2[C@H](O[C@]3(C(=O)O)C[C@H](O)[C@@H](NC(C)=O)[C@H]([C@H](O)[C@H](O)CO)O3)[C@@H](O)[C@H](O[C@@H]3[C@@H](O)[C@H](O)O[C@H](CO)[C@H]3O)O[C@@H]2CO)O[C@H](CO)[C@H](O)[C@@H]1O. The van der Waals surface area contributed by atoms with Crippen molar-refractivity contribution in [3.8, 4) is 0 Å². The van der Waals surface area contributed by atoms with Gasteiger partial charge in [-0.2, -0.15) is 0 Å². The van der Waals surface area contributed by atoms with Crippen LogP contribution >= 0.6 is 0 Å². The van der Waals surface area contributed by atoms with Gasteiger partial charge < -0.3 is 115 Å². The summed E-state index contributed by atoms with van der Waals surface area (Å²) in [7, 11) is 0. The lowest BCUT2D eigenvalue weighted by atomic mass is 9.88. The number of rotatable bonds is 15. The number of hydrogen-bond acceptors (Lipinski definition) is 23. The normalized spacial score (nSPS) is 45.1. The lowest BCUT2D eigenvalue weighted by molar-refractivity contribution is -0.400. The Morgan fingerprint density at radius 3 is 1.77 bits per heavy atom. The molecule has 4 aliphatic heterocycles. The van der Waals surface area contributed by atoms with E-state index in [4.69, 9.17) is 33.2 Å². The van der Waals surface area contributed by atoms with Crippen molar-refractivity contribution in [3.63, 3.8) is 0 Å². The smallest absolute Gasteiger partial charge is 0.364 e. The highest BCUT2D eigenvalue weighted by Crippen LogP contribution is 2.40. The topological polar surface area (TPSA) is 423 Å². The van der Waals surface area contributed by atoms with Gasteiger partial charge in [-0.05, 0) is 0 Å². The summed E-state index contributed by atoms with van der Waals surface area (Å²) in [5, 5.41) is 152. The minimum atomic E-state index is -3.23. The maximum absolute atomic E-state index is 13.1. The summed E-state index contributed by atoms with van der Waals surface area (Å²) in [5.41, 5.74) is 0. The number of carboxylic acid groups (broad SMARTS) is 1. The number of amides is 2. The Bertz CT molecular complexity index is 1350. The van der Waals surface area contributed by atoms with E-state index in [2.05, 4.69) is 10.6 Å². The molecule has 2 amide bonds. The van der Waals surface area contributed by atoms with E-state index in [0.29, 0.717) is 0 Å². The molecule has 0 spiro atoms. The molecule has 0 unspecified atom stereocenters. The van der Waals surface area contributed by atoms with Crippen LogP contribution in [0.4, 0.5) is 0 Å². The first-order valence-electron chi connectivity index (χ1n) is 17.7.